The molecule has 2 aliphatic heterocycles. The zero-order valence-electron chi connectivity index (χ0n) is 13.6. The molecule has 2 aliphatic rings. The number of fused-ring (bicyclic) bond motifs is 1. The van der Waals surface area contributed by atoms with Crippen LogP contribution in [0.25, 0.3) is 11.3 Å². The number of piperazine rings is 1. The highest BCUT2D eigenvalue weighted by Crippen LogP contribution is 2.31. The molecule has 1 fully saturated rings. The van der Waals surface area contributed by atoms with Gasteiger partial charge in [0.25, 0.3) is 0 Å². The number of hydrogen-bond donors (Lipinski definition) is 1. The van der Waals surface area contributed by atoms with Crippen LogP contribution in [-0.2, 0) is 11.2 Å². The lowest BCUT2D eigenvalue weighted by molar-refractivity contribution is -0.116. The third-order valence-corrected chi connectivity index (χ3v) is 5.46. The number of nitrogens with one attached hydrogen (secondary N) is 1. The summed E-state index contributed by atoms with van der Waals surface area (Å²) in [6, 6.07) is 6.21. The minimum absolute atomic E-state index is 0. The maximum absolute atomic E-state index is 11.5. The Morgan fingerprint density at radius 2 is 1.96 bits per heavy atom. The Labute approximate surface area is 152 Å². The summed E-state index contributed by atoms with van der Waals surface area (Å²) < 4.78 is 0. The van der Waals surface area contributed by atoms with Gasteiger partial charge in [-0.25, -0.2) is 4.98 Å². The molecule has 4 rings (SSSR count). The largest absolute Gasteiger partial charge is 0.346 e. The lowest BCUT2D eigenvalue weighted by atomic mass is 9.99. The lowest BCUT2D eigenvalue weighted by Crippen LogP contribution is -2.44. The maximum Gasteiger partial charge on any atom is 0.224 e. The highest BCUT2D eigenvalue weighted by atomic mass is 35.5. The second-order valence-corrected chi connectivity index (χ2v) is 7.06. The second-order valence-electron chi connectivity index (χ2n) is 6.23. The number of aromatic nitrogens is 1. The Balaban J connectivity index is 0.00000169. The van der Waals surface area contributed by atoms with Gasteiger partial charge in [-0.15, -0.1) is 23.7 Å². The van der Waals surface area contributed by atoms with Crippen molar-refractivity contribution in [1.82, 2.24) is 9.88 Å². The van der Waals surface area contributed by atoms with Gasteiger partial charge in [0.1, 0.15) is 0 Å². The van der Waals surface area contributed by atoms with Gasteiger partial charge in [0.15, 0.2) is 5.13 Å². The maximum atomic E-state index is 11.5. The molecule has 3 heterocycles. The zero-order valence-corrected chi connectivity index (χ0v) is 15.3. The summed E-state index contributed by atoms with van der Waals surface area (Å²) in [4.78, 5) is 21.0. The fourth-order valence-electron chi connectivity index (χ4n) is 3.08. The average Bonchev–Trinajstić information content (AvgIpc) is 3.05. The summed E-state index contributed by atoms with van der Waals surface area (Å²) >= 11 is 1.72. The number of amides is 1. The van der Waals surface area contributed by atoms with Gasteiger partial charge in [0, 0.05) is 49.2 Å². The number of carbonyl (C=O) groups excluding carboxylic acids is 1. The van der Waals surface area contributed by atoms with Crippen molar-refractivity contribution in [3.8, 4) is 11.3 Å². The molecule has 128 valence electrons. The number of aryl methyl sites for hydroxylation is 1. The number of nitrogens with zero attached hydrogens (tertiary/aromatic N) is 3. The molecule has 0 aliphatic carbocycles. The van der Waals surface area contributed by atoms with Gasteiger partial charge in [0.2, 0.25) is 5.91 Å². The molecule has 0 radical (unpaired) electrons. The Bertz CT molecular complexity index is 740. The first-order valence-corrected chi connectivity index (χ1v) is 8.89. The molecule has 0 bridgehead atoms. The van der Waals surface area contributed by atoms with E-state index in [1.54, 1.807) is 11.3 Å². The van der Waals surface area contributed by atoms with Crippen LogP contribution in [0.2, 0.25) is 0 Å². The first kappa shape index (κ1) is 17.2. The molecular formula is C17H21ClN4OS. The molecule has 1 saturated heterocycles. The topological polar surface area (TPSA) is 48.5 Å². The van der Waals surface area contributed by atoms with Gasteiger partial charge in [-0.3, -0.25) is 4.79 Å². The van der Waals surface area contributed by atoms with E-state index in [1.807, 2.05) is 12.1 Å². The molecule has 0 atom stereocenters. The minimum atomic E-state index is 0. The van der Waals surface area contributed by atoms with Crippen LogP contribution in [0.4, 0.5) is 10.8 Å². The van der Waals surface area contributed by atoms with Crippen molar-refractivity contribution in [2.45, 2.75) is 12.8 Å². The molecule has 7 heteroatoms. The standard InChI is InChI=1S/C17H20N4OS.ClH/c1-20-6-8-21(9-7-20)17-19-15(11-23-17)13-2-4-14-12(10-13)3-5-16(22)18-14;/h2,4,10-11H,3,5-9H2,1H3,(H,18,22);1H. The van der Waals surface area contributed by atoms with Crippen molar-refractivity contribution in [2.75, 3.05) is 43.4 Å². The highest BCUT2D eigenvalue weighted by molar-refractivity contribution is 7.14. The van der Waals surface area contributed by atoms with Crippen LogP contribution in [0.1, 0.15) is 12.0 Å². The number of thiazole rings is 1. The smallest absolute Gasteiger partial charge is 0.224 e. The highest BCUT2D eigenvalue weighted by Gasteiger charge is 2.19. The SMILES string of the molecule is CN1CCN(c2nc(-c3ccc4c(c3)CCC(=O)N4)cs2)CC1.Cl. The van der Waals surface area contributed by atoms with Crippen molar-refractivity contribution in [2.24, 2.45) is 0 Å². The molecule has 0 spiro atoms. The van der Waals surface area contributed by atoms with Gasteiger partial charge in [-0.1, -0.05) is 6.07 Å². The monoisotopic (exact) mass is 364 g/mol. The molecular weight excluding hydrogens is 344 g/mol. The van der Waals surface area contributed by atoms with Gasteiger partial charge in [0.05, 0.1) is 5.69 Å². The number of likely N-dealkylation sites (N-methyl/N-ethyl adjacent to an activating group) is 1. The Morgan fingerprint density at radius 1 is 1.17 bits per heavy atom. The van der Waals surface area contributed by atoms with Crippen molar-refractivity contribution in [3.63, 3.8) is 0 Å². The Hall–Kier alpha value is -1.63. The number of anilines is 2. The van der Waals surface area contributed by atoms with E-state index in [0.29, 0.717) is 6.42 Å². The zero-order chi connectivity index (χ0) is 15.8. The van der Waals surface area contributed by atoms with Crippen LogP contribution < -0.4 is 10.2 Å². The van der Waals surface area contributed by atoms with E-state index in [1.165, 1.54) is 5.56 Å². The molecule has 2 aromatic rings. The summed E-state index contributed by atoms with van der Waals surface area (Å²) in [5, 5.41) is 6.18. The summed E-state index contributed by atoms with van der Waals surface area (Å²) in [5.74, 6) is 0.108. The average molecular weight is 365 g/mol. The van der Waals surface area contributed by atoms with Gasteiger partial charge in [-0.05, 0) is 31.2 Å². The Kier molecular flexibility index (Phi) is 5.08. The summed E-state index contributed by atoms with van der Waals surface area (Å²) in [7, 11) is 2.16. The van der Waals surface area contributed by atoms with Gasteiger partial charge in [-0.2, -0.15) is 0 Å². The van der Waals surface area contributed by atoms with Crippen LogP contribution in [0, 0.1) is 0 Å². The van der Waals surface area contributed by atoms with Gasteiger partial charge >= 0.3 is 0 Å². The molecule has 1 N–H and O–H groups in total. The molecule has 1 aromatic carbocycles. The fraction of sp³-hybridized carbons (Fsp3) is 0.412. The third kappa shape index (κ3) is 3.41. The van der Waals surface area contributed by atoms with E-state index in [-0.39, 0.29) is 18.3 Å². The summed E-state index contributed by atoms with van der Waals surface area (Å²) in [6.45, 7) is 4.26. The first-order chi connectivity index (χ1) is 11.2. The molecule has 0 unspecified atom stereocenters. The molecule has 1 amide bonds. The number of carbonyl (C=O) groups is 1. The quantitative estimate of drug-likeness (QED) is 0.890. The number of rotatable bonds is 2. The van der Waals surface area contributed by atoms with Crippen molar-refractivity contribution >= 4 is 40.5 Å². The minimum Gasteiger partial charge on any atom is -0.346 e. The van der Waals surface area contributed by atoms with E-state index < -0.39 is 0 Å². The normalized spacial score (nSPS) is 17.9. The van der Waals surface area contributed by atoms with Crippen molar-refractivity contribution in [3.05, 3.63) is 29.1 Å². The van der Waals surface area contributed by atoms with Crippen LogP contribution in [0.3, 0.4) is 0 Å². The van der Waals surface area contributed by atoms with Crippen LogP contribution in [0.5, 0.6) is 0 Å². The second kappa shape index (κ2) is 7.09. The van der Waals surface area contributed by atoms with Crippen LogP contribution in [-0.4, -0.2) is 49.0 Å². The van der Waals surface area contributed by atoms with E-state index in [0.717, 1.165) is 54.7 Å². The van der Waals surface area contributed by atoms with E-state index in [2.05, 4.69) is 33.6 Å². The first-order valence-electron chi connectivity index (χ1n) is 8.01. The Morgan fingerprint density at radius 3 is 2.75 bits per heavy atom. The number of halogens is 1. The predicted octanol–water partition coefficient (Wildman–Crippen LogP) is 2.87. The fourth-order valence-corrected chi connectivity index (χ4v) is 3.97. The molecule has 0 saturated carbocycles. The summed E-state index contributed by atoms with van der Waals surface area (Å²) in [5.41, 5.74) is 4.32. The molecule has 1 aromatic heterocycles. The van der Waals surface area contributed by atoms with Crippen LogP contribution in [0.15, 0.2) is 23.6 Å². The number of hydrogen-bond acceptors (Lipinski definition) is 5. The molecule has 5 nitrogen and oxygen atoms in total. The lowest BCUT2D eigenvalue weighted by Gasteiger charge is -2.32. The molecule has 24 heavy (non-hydrogen) atoms. The number of benzene rings is 1. The van der Waals surface area contributed by atoms with E-state index >= 15 is 0 Å². The van der Waals surface area contributed by atoms with Crippen molar-refractivity contribution < 1.29 is 4.79 Å². The van der Waals surface area contributed by atoms with E-state index in [9.17, 15) is 4.79 Å². The third-order valence-electron chi connectivity index (χ3n) is 4.56. The van der Waals surface area contributed by atoms with Gasteiger partial charge < -0.3 is 15.1 Å². The van der Waals surface area contributed by atoms with Crippen LogP contribution >= 0.6 is 23.7 Å². The summed E-state index contributed by atoms with van der Waals surface area (Å²) in [6.07, 6.45) is 1.38. The predicted molar refractivity (Wildman–Crippen MR) is 101 cm³/mol. The van der Waals surface area contributed by atoms with Crippen molar-refractivity contribution in [1.29, 1.82) is 0 Å². The van der Waals surface area contributed by atoms with E-state index in [4.69, 9.17) is 4.98 Å².